The molecule has 1 amide bonds. The number of nitrogens with one attached hydrogen (secondary N) is 3. The first-order chi connectivity index (χ1) is 10.1. The van der Waals surface area contributed by atoms with Crippen LogP contribution >= 0.6 is 0 Å². The van der Waals surface area contributed by atoms with Crippen LogP contribution < -0.4 is 10.6 Å². The second-order valence-corrected chi connectivity index (χ2v) is 5.41. The molecule has 0 aliphatic carbocycles. The van der Waals surface area contributed by atoms with Crippen LogP contribution in [0.1, 0.15) is 18.5 Å². The van der Waals surface area contributed by atoms with Crippen molar-refractivity contribution in [2.75, 3.05) is 25.5 Å². The SMILES string of the molecule is COC1(C(=O)Nc2[nH]nc3c2c(C)nn3C)CCNCC1. The van der Waals surface area contributed by atoms with Gasteiger partial charge in [0.1, 0.15) is 11.4 Å². The molecule has 1 aliphatic heterocycles. The van der Waals surface area contributed by atoms with Crippen molar-refractivity contribution in [3.05, 3.63) is 5.69 Å². The highest BCUT2D eigenvalue weighted by atomic mass is 16.5. The van der Waals surface area contributed by atoms with Crippen LogP contribution in [0.2, 0.25) is 0 Å². The molecule has 3 heterocycles. The molecular formula is C13H20N6O2. The van der Waals surface area contributed by atoms with Gasteiger partial charge in [0.15, 0.2) is 5.65 Å². The number of methoxy groups -OCH3 is 1. The van der Waals surface area contributed by atoms with Crippen LogP contribution in [0.15, 0.2) is 0 Å². The standard InChI is InChI=1S/C13H20N6O2/c1-8-9-10(16-17-11(9)19(2)18-8)15-12(20)13(21-3)4-6-14-7-5-13/h14H,4-7H2,1-3H3,(H2,15,16,17,20). The summed E-state index contributed by atoms with van der Waals surface area (Å²) in [6.45, 7) is 3.43. The molecule has 0 bridgehead atoms. The summed E-state index contributed by atoms with van der Waals surface area (Å²) in [5.41, 5.74) is 0.770. The number of fused-ring (bicyclic) bond motifs is 1. The molecule has 8 heteroatoms. The molecule has 0 aromatic carbocycles. The quantitative estimate of drug-likeness (QED) is 0.756. The fourth-order valence-electron chi connectivity index (χ4n) is 2.90. The third-order valence-electron chi connectivity index (χ3n) is 4.17. The maximum Gasteiger partial charge on any atom is 0.257 e. The van der Waals surface area contributed by atoms with E-state index in [0.29, 0.717) is 18.7 Å². The van der Waals surface area contributed by atoms with Gasteiger partial charge in [-0.1, -0.05) is 0 Å². The minimum absolute atomic E-state index is 0.139. The third kappa shape index (κ3) is 2.20. The summed E-state index contributed by atoms with van der Waals surface area (Å²) in [6.07, 6.45) is 1.30. The molecule has 8 nitrogen and oxygen atoms in total. The lowest BCUT2D eigenvalue weighted by atomic mass is 9.91. The van der Waals surface area contributed by atoms with Gasteiger partial charge in [0.25, 0.3) is 5.91 Å². The maximum atomic E-state index is 12.6. The molecule has 1 fully saturated rings. The monoisotopic (exact) mass is 292 g/mol. The second-order valence-electron chi connectivity index (χ2n) is 5.41. The molecule has 0 saturated carbocycles. The van der Waals surface area contributed by atoms with Crippen molar-refractivity contribution in [1.82, 2.24) is 25.3 Å². The van der Waals surface area contributed by atoms with Crippen molar-refractivity contribution in [2.24, 2.45) is 7.05 Å². The van der Waals surface area contributed by atoms with Crippen LogP contribution in [0.25, 0.3) is 11.0 Å². The van der Waals surface area contributed by atoms with Gasteiger partial charge in [-0.2, -0.15) is 10.2 Å². The number of hydrogen-bond donors (Lipinski definition) is 3. The van der Waals surface area contributed by atoms with E-state index in [1.165, 1.54) is 0 Å². The average Bonchev–Trinajstić information content (AvgIpc) is 3.03. The van der Waals surface area contributed by atoms with E-state index in [1.54, 1.807) is 11.8 Å². The number of H-pyrrole nitrogens is 1. The first kappa shape index (κ1) is 14.0. The maximum absolute atomic E-state index is 12.6. The van der Waals surface area contributed by atoms with Crippen molar-refractivity contribution in [3.63, 3.8) is 0 Å². The smallest absolute Gasteiger partial charge is 0.257 e. The molecule has 2 aromatic rings. The minimum Gasteiger partial charge on any atom is -0.368 e. The third-order valence-corrected chi connectivity index (χ3v) is 4.17. The highest BCUT2D eigenvalue weighted by molar-refractivity contribution is 6.03. The number of rotatable bonds is 3. The van der Waals surface area contributed by atoms with Crippen LogP contribution in [0.3, 0.4) is 0 Å². The van der Waals surface area contributed by atoms with Gasteiger partial charge >= 0.3 is 0 Å². The summed E-state index contributed by atoms with van der Waals surface area (Å²) in [5.74, 6) is 0.441. The molecule has 0 spiro atoms. The van der Waals surface area contributed by atoms with Gasteiger partial charge in [0, 0.05) is 14.2 Å². The highest BCUT2D eigenvalue weighted by Crippen LogP contribution is 2.27. The Morgan fingerprint density at radius 3 is 2.81 bits per heavy atom. The predicted molar refractivity (Wildman–Crippen MR) is 78.1 cm³/mol. The van der Waals surface area contributed by atoms with Crippen molar-refractivity contribution < 1.29 is 9.53 Å². The van der Waals surface area contributed by atoms with E-state index in [-0.39, 0.29) is 5.91 Å². The molecule has 1 saturated heterocycles. The van der Waals surface area contributed by atoms with Crippen LogP contribution in [-0.2, 0) is 16.6 Å². The molecular weight excluding hydrogens is 272 g/mol. The predicted octanol–water partition coefficient (Wildman–Crippen LogP) is 0.312. The number of aromatic nitrogens is 4. The number of carbonyl (C=O) groups is 1. The van der Waals surface area contributed by atoms with E-state index in [9.17, 15) is 4.79 Å². The number of ether oxygens (including phenoxy) is 1. The number of carbonyl (C=O) groups excluding carboxylic acids is 1. The topological polar surface area (TPSA) is 96.9 Å². The lowest BCUT2D eigenvalue weighted by molar-refractivity contribution is -0.140. The lowest BCUT2D eigenvalue weighted by Crippen LogP contribution is -2.51. The zero-order valence-corrected chi connectivity index (χ0v) is 12.5. The van der Waals surface area contributed by atoms with E-state index in [1.807, 2.05) is 14.0 Å². The first-order valence-corrected chi connectivity index (χ1v) is 7.02. The van der Waals surface area contributed by atoms with E-state index < -0.39 is 5.60 Å². The molecule has 1 aliphatic rings. The molecule has 2 aromatic heterocycles. The number of aryl methyl sites for hydroxylation is 2. The van der Waals surface area contributed by atoms with Crippen molar-refractivity contribution in [2.45, 2.75) is 25.4 Å². The van der Waals surface area contributed by atoms with Crippen molar-refractivity contribution >= 4 is 22.8 Å². The number of piperidine rings is 1. The number of hydrogen-bond acceptors (Lipinski definition) is 5. The highest BCUT2D eigenvalue weighted by Gasteiger charge is 2.40. The van der Waals surface area contributed by atoms with Gasteiger partial charge < -0.3 is 15.4 Å². The summed E-state index contributed by atoms with van der Waals surface area (Å²) in [5, 5.41) is 18.4. The van der Waals surface area contributed by atoms with Crippen molar-refractivity contribution in [1.29, 1.82) is 0 Å². The van der Waals surface area contributed by atoms with Gasteiger partial charge in [0.05, 0.1) is 11.1 Å². The Labute approximate surface area is 122 Å². The lowest BCUT2D eigenvalue weighted by Gasteiger charge is -2.34. The molecule has 21 heavy (non-hydrogen) atoms. The Bertz CT molecular complexity index is 668. The second kappa shape index (κ2) is 5.12. The number of anilines is 1. The Morgan fingerprint density at radius 1 is 1.43 bits per heavy atom. The average molecular weight is 292 g/mol. The van der Waals surface area contributed by atoms with Crippen LogP contribution in [0.4, 0.5) is 5.82 Å². The molecule has 0 unspecified atom stereocenters. The molecule has 0 radical (unpaired) electrons. The molecule has 0 atom stereocenters. The van der Waals surface area contributed by atoms with Crippen LogP contribution in [0.5, 0.6) is 0 Å². The van der Waals surface area contributed by atoms with E-state index in [2.05, 4.69) is 25.9 Å². The van der Waals surface area contributed by atoms with Gasteiger partial charge in [-0.3, -0.25) is 9.89 Å². The van der Waals surface area contributed by atoms with Gasteiger partial charge in [-0.25, -0.2) is 4.68 Å². The van der Waals surface area contributed by atoms with Crippen LogP contribution in [-0.4, -0.2) is 51.7 Å². The van der Waals surface area contributed by atoms with E-state index in [0.717, 1.165) is 29.8 Å². The van der Waals surface area contributed by atoms with Gasteiger partial charge in [0.2, 0.25) is 0 Å². The number of nitrogens with zero attached hydrogens (tertiary/aromatic N) is 3. The molecule has 3 N–H and O–H groups in total. The summed E-state index contributed by atoms with van der Waals surface area (Å²) in [4.78, 5) is 12.6. The fourth-order valence-corrected chi connectivity index (χ4v) is 2.90. The summed E-state index contributed by atoms with van der Waals surface area (Å²) in [6, 6.07) is 0. The van der Waals surface area contributed by atoms with Crippen molar-refractivity contribution in [3.8, 4) is 0 Å². The van der Waals surface area contributed by atoms with Crippen LogP contribution in [0, 0.1) is 6.92 Å². The normalized spacial score (nSPS) is 18.0. The largest absolute Gasteiger partial charge is 0.368 e. The van der Waals surface area contributed by atoms with E-state index >= 15 is 0 Å². The Morgan fingerprint density at radius 2 is 2.14 bits per heavy atom. The first-order valence-electron chi connectivity index (χ1n) is 7.02. The Balaban J connectivity index is 1.89. The van der Waals surface area contributed by atoms with Gasteiger partial charge in [-0.05, 0) is 32.9 Å². The molecule has 114 valence electrons. The number of amides is 1. The number of aromatic amines is 1. The zero-order valence-electron chi connectivity index (χ0n) is 12.5. The Hall–Kier alpha value is -1.93. The zero-order chi connectivity index (χ0) is 15.0. The van der Waals surface area contributed by atoms with Gasteiger partial charge in [-0.15, -0.1) is 0 Å². The summed E-state index contributed by atoms with van der Waals surface area (Å²) in [7, 11) is 3.41. The molecule has 3 rings (SSSR count). The summed E-state index contributed by atoms with van der Waals surface area (Å²) >= 11 is 0. The summed E-state index contributed by atoms with van der Waals surface area (Å²) < 4.78 is 7.22. The fraction of sp³-hybridized carbons (Fsp3) is 0.615. The van der Waals surface area contributed by atoms with E-state index in [4.69, 9.17) is 4.74 Å². The Kier molecular flexibility index (Phi) is 3.42. The minimum atomic E-state index is -0.779.